The zero-order valence-corrected chi connectivity index (χ0v) is 27.1. The van der Waals surface area contributed by atoms with Gasteiger partial charge in [0.15, 0.2) is 5.78 Å². The molecule has 254 valence electrons. The first kappa shape index (κ1) is 37.8. The fourth-order valence-corrected chi connectivity index (χ4v) is 4.73. The number of hydrogen-bond donors (Lipinski definition) is 3. The zero-order chi connectivity index (χ0) is 34.1. The number of nitrogens with zero attached hydrogens (tertiary/aromatic N) is 2. The van der Waals surface area contributed by atoms with Crippen LogP contribution in [0.1, 0.15) is 91.4 Å². The molecule has 0 spiro atoms. The number of nitrogens with one attached hydrogen (secondary N) is 3. The number of rotatable bonds is 21. The Labute approximate surface area is 269 Å². The minimum Gasteiger partial charge on any atom is -0.444 e. The van der Waals surface area contributed by atoms with Gasteiger partial charge in [-0.3, -0.25) is 43.4 Å². The Hall–Kier alpha value is -4.36. The van der Waals surface area contributed by atoms with Gasteiger partial charge in [-0.15, -0.1) is 0 Å². The van der Waals surface area contributed by atoms with Crippen molar-refractivity contribution in [1.29, 1.82) is 0 Å². The van der Waals surface area contributed by atoms with Gasteiger partial charge in [0, 0.05) is 69.7 Å². The van der Waals surface area contributed by atoms with Crippen LogP contribution in [0.3, 0.4) is 0 Å². The lowest BCUT2D eigenvalue weighted by molar-refractivity contribution is -0.139. The predicted octanol–water partition coefficient (Wildman–Crippen LogP) is 1.82. The highest BCUT2D eigenvalue weighted by molar-refractivity contribution is 6.13. The molecule has 14 heteroatoms. The van der Waals surface area contributed by atoms with Gasteiger partial charge in [-0.1, -0.05) is 19.3 Å². The molecule has 2 heterocycles. The normalized spacial score (nSPS) is 15.0. The summed E-state index contributed by atoms with van der Waals surface area (Å²) in [5.74, 6) is -2.73. The fourth-order valence-electron chi connectivity index (χ4n) is 4.73. The van der Waals surface area contributed by atoms with Crippen LogP contribution in [0, 0.1) is 0 Å². The van der Waals surface area contributed by atoms with Gasteiger partial charge in [-0.2, -0.15) is 0 Å². The molecule has 7 amide bonds. The van der Waals surface area contributed by atoms with Gasteiger partial charge >= 0.3 is 6.09 Å². The number of Topliss-reactive ketones (excluding diaryl/α,β-unsaturated/α-hetero) is 1. The van der Waals surface area contributed by atoms with Gasteiger partial charge < -0.3 is 20.7 Å². The number of imide groups is 2. The molecule has 0 unspecified atom stereocenters. The van der Waals surface area contributed by atoms with E-state index in [9.17, 15) is 38.4 Å². The van der Waals surface area contributed by atoms with E-state index in [-0.39, 0.29) is 44.0 Å². The lowest BCUT2D eigenvalue weighted by atomic mass is 9.99. The van der Waals surface area contributed by atoms with Crippen LogP contribution in [0.15, 0.2) is 24.3 Å². The number of carbonyl (C=O) groups excluding carboxylic acids is 8. The summed E-state index contributed by atoms with van der Waals surface area (Å²) >= 11 is 0. The molecule has 2 rings (SSSR count). The number of amides is 7. The second-order valence-electron chi connectivity index (χ2n) is 12.2. The lowest BCUT2D eigenvalue weighted by Crippen LogP contribution is -2.42. The lowest BCUT2D eigenvalue weighted by Gasteiger charge is -2.19. The van der Waals surface area contributed by atoms with E-state index in [0.717, 1.165) is 59.8 Å². The Morgan fingerprint density at radius 2 is 1.13 bits per heavy atom. The Balaban J connectivity index is 1.71. The molecular formula is C32H47N5O9. The van der Waals surface area contributed by atoms with Crippen molar-refractivity contribution in [1.82, 2.24) is 25.8 Å². The molecule has 46 heavy (non-hydrogen) atoms. The number of ether oxygens (including phenoxy) is 1. The quantitative estimate of drug-likeness (QED) is 0.124. The summed E-state index contributed by atoms with van der Waals surface area (Å²) in [7, 11) is 0. The number of ketones is 1. The first-order valence-corrected chi connectivity index (χ1v) is 15.9. The van der Waals surface area contributed by atoms with E-state index in [1.807, 2.05) is 0 Å². The molecule has 0 aromatic carbocycles. The molecular weight excluding hydrogens is 598 g/mol. The molecule has 0 aromatic heterocycles. The average molecular weight is 646 g/mol. The van der Waals surface area contributed by atoms with Crippen LogP contribution >= 0.6 is 0 Å². The maximum absolute atomic E-state index is 13.1. The molecule has 0 aliphatic carbocycles. The maximum atomic E-state index is 13.1. The Morgan fingerprint density at radius 3 is 1.70 bits per heavy atom. The number of hydrogen-bond acceptors (Lipinski definition) is 9. The van der Waals surface area contributed by atoms with Crippen molar-refractivity contribution in [2.75, 3.05) is 26.2 Å². The second kappa shape index (κ2) is 19.2. The van der Waals surface area contributed by atoms with Crippen molar-refractivity contribution in [2.45, 2.75) is 103 Å². The highest BCUT2D eigenvalue weighted by Gasteiger charge is 2.26. The van der Waals surface area contributed by atoms with Crippen LogP contribution in [0.25, 0.3) is 0 Å². The van der Waals surface area contributed by atoms with Gasteiger partial charge in [-0.05, 0) is 52.9 Å². The zero-order valence-electron chi connectivity index (χ0n) is 27.1. The fraction of sp³-hybridized carbons (Fsp3) is 0.625. The molecule has 0 radical (unpaired) electrons. The minimum absolute atomic E-state index is 0.00718. The molecule has 0 bridgehead atoms. The monoisotopic (exact) mass is 645 g/mol. The van der Waals surface area contributed by atoms with Gasteiger partial charge in [0.25, 0.3) is 23.6 Å². The molecule has 1 atom stereocenters. The second-order valence-corrected chi connectivity index (χ2v) is 12.2. The third-order valence-electron chi connectivity index (χ3n) is 7.16. The summed E-state index contributed by atoms with van der Waals surface area (Å²) in [4.78, 5) is 98.2. The third-order valence-corrected chi connectivity index (χ3v) is 7.16. The third kappa shape index (κ3) is 14.6. The minimum atomic E-state index is -0.746. The number of unbranched alkanes of at least 4 members (excludes halogenated alkanes) is 5. The Morgan fingerprint density at radius 1 is 0.652 bits per heavy atom. The molecule has 0 fully saturated rings. The van der Waals surface area contributed by atoms with E-state index in [4.69, 9.17) is 4.74 Å². The van der Waals surface area contributed by atoms with Crippen molar-refractivity contribution in [3.63, 3.8) is 0 Å². The summed E-state index contributed by atoms with van der Waals surface area (Å²) in [6, 6.07) is -0.746. The van der Waals surface area contributed by atoms with Crippen LogP contribution in [0.5, 0.6) is 0 Å². The van der Waals surface area contributed by atoms with Crippen molar-refractivity contribution in [3.8, 4) is 0 Å². The van der Waals surface area contributed by atoms with Crippen molar-refractivity contribution in [3.05, 3.63) is 24.3 Å². The molecule has 14 nitrogen and oxygen atoms in total. The highest BCUT2D eigenvalue weighted by Crippen LogP contribution is 2.12. The average Bonchev–Trinajstić information content (AvgIpc) is 3.48. The number of alkyl carbamates (subject to hydrolysis) is 1. The van der Waals surface area contributed by atoms with E-state index in [2.05, 4.69) is 16.0 Å². The van der Waals surface area contributed by atoms with E-state index in [1.165, 1.54) is 0 Å². The van der Waals surface area contributed by atoms with Crippen LogP contribution in [0.4, 0.5) is 4.79 Å². The maximum Gasteiger partial charge on any atom is 0.407 e. The van der Waals surface area contributed by atoms with Crippen LogP contribution < -0.4 is 16.0 Å². The van der Waals surface area contributed by atoms with Crippen molar-refractivity contribution >= 4 is 47.3 Å². The summed E-state index contributed by atoms with van der Waals surface area (Å²) in [6.07, 6.45) is 9.68. The predicted molar refractivity (Wildman–Crippen MR) is 167 cm³/mol. The molecule has 3 N–H and O–H groups in total. The van der Waals surface area contributed by atoms with E-state index in [0.29, 0.717) is 38.8 Å². The van der Waals surface area contributed by atoms with Crippen LogP contribution in [-0.4, -0.2) is 94.9 Å². The van der Waals surface area contributed by atoms with E-state index in [1.54, 1.807) is 20.8 Å². The van der Waals surface area contributed by atoms with Crippen molar-refractivity contribution in [2.24, 2.45) is 0 Å². The summed E-state index contributed by atoms with van der Waals surface area (Å²) in [5.41, 5.74) is -0.550. The van der Waals surface area contributed by atoms with Crippen LogP contribution in [-0.2, 0) is 38.3 Å². The standard InChI is InChI=1S/C32H47N5O9/c1-32(2,3)46-31(45)34-20-9-6-4-5-7-12-24(38)23(35-26(40)18-22-37-29(43)15-16-30(37)44)11-8-10-19-33-25(39)17-21-36-27(41)13-14-28(36)42/h13-16,23H,4-12,17-22H2,1-3H3,(H,33,39)(H,34,45)(H,35,40)/t23-/m0/s1. The highest BCUT2D eigenvalue weighted by atomic mass is 16.6. The molecule has 2 aliphatic rings. The molecule has 0 saturated carbocycles. The Kier molecular flexibility index (Phi) is 15.8. The van der Waals surface area contributed by atoms with E-state index < -0.39 is 47.3 Å². The summed E-state index contributed by atoms with van der Waals surface area (Å²) in [6.45, 7) is 6.13. The molecule has 0 aromatic rings. The first-order valence-electron chi connectivity index (χ1n) is 15.9. The Bertz CT molecular complexity index is 1170. The van der Waals surface area contributed by atoms with Gasteiger partial charge in [0.05, 0.1) is 6.04 Å². The summed E-state index contributed by atoms with van der Waals surface area (Å²) < 4.78 is 5.20. The molecule has 0 saturated heterocycles. The van der Waals surface area contributed by atoms with Crippen molar-refractivity contribution < 1.29 is 43.1 Å². The van der Waals surface area contributed by atoms with Gasteiger partial charge in [0.2, 0.25) is 11.8 Å². The van der Waals surface area contributed by atoms with Gasteiger partial charge in [0.1, 0.15) is 5.60 Å². The largest absolute Gasteiger partial charge is 0.444 e. The smallest absolute Gasteiger partial charge is 0.407 e. The number of carbonyl (C=O) groups is 8. The van der Waals surface area contributed by atoms with Crippen LogP contribution in [0.2, 0.25) is 0 Å². The van der Waals surface area contributed by atoms with Gasteiger partial charge in [-0.25, -0.2) is 4.79 Å². The summed E-state index contributed by atoms with van der Waals surface area (Å²) in [5, 5.41) is 8.20. The topological polar surface area (TPSA) is 188 Å². The first-order chi connectivity index (χ1) is 21.8. The van der Waals surface area contributed by atoms with E-state index >= 15 is 0 Å². The SMILES string of the molecule is CC(C)(C)OC(=O)NCCCCCCCC(=O)[C@H](CCCCNC(=O)CCN1C(=O)C=CC1=O)NC(=O)CCN1C(=O)C=CC1=O. The molecule has 2 aliphatic heterocycles.